The van der Waals surface area contributed by atoms with Crippen molar-refractivity contribution in [3.63, 3.8) is 0 Å². The Bertz CT molecular complexity index is 719. The molecule has 7 heteroatoms. The molecule has 0 aliphatic carbocycles. The van der Waals surface area contributed by atoms with Gasteiger partial charge in [-0.25, -0.2) is 8.42 Å². The van der Waals surface area contributed by atoms with Crippen molar-refractivity contribution in [1.29, 1.82) is 0 Å². The van der Waals surface area contributed by atoms with Crippen LogP contribution in [0.5, 0.6) is 0 Å². The summed E-state index contributed by atoms with van der Waals surface area (Å²) >= 11 is 5.86. The highest BCUT2D eigenvalue weighted by atomic mass is 35.5. The van der Waals surface area contributed by atoms with Crippen molar-refractivity contribution in [2.24, 2.45) is 0 Å². The van der Waals surface area contributed by atoms with Crippen molar-refractivity contribution in [2.75, 3.05) is 7.05 Å². The Morgan fingerprint density at radius 3 is 2.29 bits per heavy atom. The summed E-state index contributed by atoms with van der Waals surface area (Å²) in [6.45, 7) is 5.02. The third-order valence-electron chi connectivity index (χ3n) is 3.50. The molecule has 0 N–H and O–H groups in total. The van der Waals surface area contributed by atoms with Crippen molar-refractivity contribution < 1.29 is 12.9 Å². The van der Waals surface area contributed by atoms with Crippen molar-refractivity contribution in [2.45, 2.75) is 31.7 Å². The molecule has 0 aliphatic rings. The molecule has 0 radical (unpaired) electrons. The average Bonchev–Trinajstić information content (AvgIpc) is 2.78. The van der Waals surface area contributed by atoms with Crippen LogP contribution in [0.2, 0.25) is 5.02 Å². The Hall–Kier alpha value is -1.37. The summed E-state index contributed by atoms with van der Waals surface area (Å²) in [5, 5.41) is 4.32. The Balaban J connectivity index is 2.38. The molecule has 1 heterocycles. The minimum absolute atomic E-state index is 0.130. The van der Waals surface area contributed by atoms with Crippen LogP contribution in [-0.4, -0.2) is 24.9 Å². The number of aryl methyl sites for hydroxylation is 2. The van der Waals surface area contributed by atoms with E-state index in [1.54, 1.807) is 33.0 Å². The highest BCUT2D eigenvalue weighted by Crippen LogP contribution is 2.29. The smallest absolute Gasteiger partial charge is 0.248 e. The largest absolute Gasteiger partial charge is 0.360 e. The van der Waals surface area contributed by atoms with E-state index >= 15 is 0 Å². The summed E-state index contributed by atoms with van der Waals surface area (Å²) in [7, 11) is -2.13. The Morgan fingerprint density at radius 2 is 1.81 bits per heavy atom. The average molecular weight is 329 g/mol. The predicted molar refractivity (Wildman–Crippen MR) is 80.8 cm³/mol. The van der Waals surface area contributed by atoms with E-state index in [0.717, 1.165) is 5.56 Å². The van der Waals surface area contributed by atoms with Crippen LogP contribution in [0.4, 0.5) is 0 Å². The zero-order chi connectivity index (χ0) is 15.8. The van der Waals surface area contributed by atoms with Gasteiger partial charge in [-0.15, -0.1) is 0 Å². The van der Waals surface area contributed by atoms with Gasteiger partial charge in [-0.05, 0) is 38.5 Å². The molecule has 0 spiro atoms. The zero-order valence-electron chi connectivity index (χ0n) is 12.3. The van der Waals surface area contributed by atoms with E-state index in [2.05, 4.69) is 5.16 Å². The SMILES string of the molecule is Cc1noc(C)c1S(=O)(=O)N(C)[C@@H](C)c1ccc(Cl)cc1. The number of benzene rings is 1. The highest BCUT2D eigenvalue weighted by molar-refractivity contribution is 7.89. The summed E-state index contributed by atoms with van der Waals surface area (Å²) in [4.78, 5) is 0.130. The van der Waals surface area contributed by atoms with Gasteiger partial charge in [-0.1, -0.05) is 28.9 Å². The van der Waals surface area contributed by atoms with Gasteiger partial charge in [0.2, 0.25) is 10.0 Å². The number of nitrogens with zero attached hydrogens (tertiary/aromatic N) is 2. The summed E-state index contributed by atoms with van der Waals surface area (Å²) in [6.07, 6.45) is 0. The third-order valence-corrected chi connectivity index (χ3v) is 5.93. The second-order valence-electron chi connectivity index (χ2n) is 4.90. The van der Waals surface area contributed by atoms with E-state index in [0.29, 0.717) is 16.5 Å². The van der Waals surface area contributed by atoms with E-state index < -0.39 is 10.0 Å². The number of hydrogen-bond acceptors (Lipinski definition) is 4. The molecule has 0 fully saturated rings. The molecule has 0 aliphatic heterocycles. The lowest BCUT2D eigenvalue weighted by molar-refractivity contribution is 0.384. The van der Waals surface area contributed by atoms with Crippen molar-refractivity contribution in [1.82, 2.24) is 9.46 Å². The molecule has 2 rings (SSSR count). The summed E-state index contributed by atoms with van der Waals surface area (Å²) < 4.78 is 31.7. The van der Waals surface area contributed by atoms with Gasteiger partial charge >= 0.3 is 0 Å². The molecule has 5 nitrogen and oxygen atoms in total. The first-order chi connectivity index (χ1) is 9.75. The molecule has 0 unspecified atom stereocenters. The van der Waals surface area contributed by atoms with Gasteiger partial charge in [-0.3, -0.25) is 0 Å². The topological polar surface area (TPSA) is 63.4 Å². The van der Waals surface area contributed by atoms with Gasteiger partial charge in [0.05, 0.1) is 0 Å². The maximum atomic E-state index is 12.7. The van der Waals surface area contributed by atoms with Gasteiger partial charge in [0, 0.05) is 18.1 Å². The standard InChI is InChI=1S/C14H17ClN2O3S/c1-9-14(11(3)20-16-9)21(18,19)17(4)10(2)12-5-7-13(15)8-6-12/h5-8,10H,1-4H3/t10-/m0/s1. The number of aromatic nitrogens is 1. The second-order valence-corrected chi connectivity index (χ2v) is 7.27. The summed E-state index contributed by atoms with van der Waals surface area (Å²) in [6, 6.07) is 6.77. The van der Waals surface area contributed by atoms with Crippen LogP contribution in [0.15, 0.2) is 33.7 Å². The van der Waals surface area contributed by atoms with Crippen LogP contribution in [0.25, 0.3) is 0 Å². The van der Waals surface area contributed by atoms with Gasteiger partial charge in [0.25, 0.3) is 0 Å². The minimum Gasteiger partial charge on any atom is -0.360 e. The van der Waals surface area contributed by atoms with Crippen molar-refractivity contribution in [3.8, 4) is 0 Å². The van der Waals surface area contributed by atoms with E-state index in [-0.39, 0.29) is 10.9 Å². The lowest BCUT2D eigenvalue weighted by Crippen LogP contribution is -2.30. The normalized spacial score (nSPS) is 13.6. The molecule has 1 atom stereocenters. The fraction of sp³-hybridized carbons (Fsp3) is 0.357. The number of sulfonamides is 1. The maximum Gasteiger partial charge on any atom is 0.248 e. The van der Waals surface area contributed by atoms with Gasteiger partial charge in [-0.2, -0.15) is 4.31 Å². The lowest BCUT2D eigenvalue weighted by Gasteiger charge is -2.24. The summed E-state index contributed by atoms with van der Waals surface area (Å²) in [5.41, 5.74) is 1.22. The molecule has 1 aromatic carbocycles. The molecule has 114 valence electrons. The third kappa shape index (κ3) is 2.97. The molecule has 0 saturated heterocycles. The van der Waals surface area contributed by atoms with Crippen molar-refractivity contribution in [3.05, 3.63) is 46.3 Å². The number of halogens is 1. The Kier molecular flexibility index (Phi) is 4.41. The second kappa shape index (κ2) is 5.79. The lowest BCUT2D eigenvalue weighted by atomic mass is 10.1. The molecule has 0 bridgehead atoms. The fourth-order valence-corrected chi connectivity index (χ4v) is 3.91. The van der Waals surface area contributed by atoms with Crippen LogP contribution >= 0.6 is 11.6 Å². The first kappa shape index (κ1) is 16.0. The van der Waals surface area contributed by atoms with Gasteiger partial charge in [0.15, 0.2) is 5.76 Å². The number of hydrogen-bond donors (Lipinski definition) is 0. The number of rotatable bonds is 4. The van der Waals surface area contributed by atoms with Gasteiger partial charge < -0.3 is 4.52 Å². The molecule has 0 amide bonds. The molecule has 2 aromatic rings. The Morgan fingerprint density at radius 1 is 1.24 bits per heavy atom. The van der Waals surface area contributed by atoms with E-state index in [9.17, 15) is 8.42 Å². The molecule has 21 heavy (non-hydrogen) atoms. The van der Waals surface area contributed by atoms with Crippen LogP contribution in [0.3, 0.4) is 0 Å². The Labute approximate surface area is 129 Å². The minimum atomic E-state index is -3.67. The van der Waals surface area contributed by atoms with Crippen LogP contribution in [-0.2, 0) is 10.0 Å². The first-order valence-corrected chi connectivity index (χ1v) is 8.23. The fourth-order valence-electron chi connectivity index (χ4n) is 2.15. The van der Waals surface area contributed by atoms with Crippen LogP contribution in [0.1, 0.15) is 30.0 Å². The molecule has 0 saturated carbocycles. The zero-order valence-corrected chi connectivity index (χ0v) is 13.9. The maximum absolute atomic E-state index is 12.7. The first-order valence-electron chi connectivity index (χ1n) is 6.41. The highest BCUT2D eigenvalue weighted by Gasteiger charge is 2.31. The van der Waals surface area contributed by atoms with Crippen LogP contribution in [0, 0.1) is 13.8 Å². The van der Waals surface area contributed by atoms with Gasteiger partial charge in [0.1, 0.15) is 10.6 Å². The quantitative estimate of drug-likeness (QED) is 0.863. The van der Waals surface area contributed by atoms with E-state index in [1.807, 2.05) is 19.1 Å². The molecular weight excluding hydrogens is 312 g/mol. The summed E-state index contributed by atoms with van der Waals surface area (Å²) in [5.74, 6) is 0.294. The van der Waals surface area contributed by atoms with E-state index in [4.69, 9.17) is 16.1 Å². The van der Waals surface area contributed by atoms with Crippen LogP contribution < -0.4 is 0 Å². The predicted octanol–water partition coefficient (Wildman–Crippen LogP) is 3.33. The van der Waals surface area contributed by atoms with Crippen molar-refractivity contribution >= 4 is 21.6 Å². The monoisotopic (exact) mass is 328 g/mol. The van der Waals surface area contributed by atoms with E-state index in [1.165, 1.54) is 4.31 Å². The molecule has 1 aromatic heterocycles. The molecular formula is C14H17ClN2O3S.